The maximum atomic E-state index is 5.27. The van der Waals surface area contributed by atoms with Crippen LogP contribution in [0, 0.1) is 0 Å². The van der Waals surface area contributed by atoms with E-state index in [1.807, 2.05) is 0 Å². The summed E-state index contributed by atoms with van der Waals surface area (Å²) < 4.78 is 5.27. The summed E-state index contributed by atoms with van der Waals surface area (Å²) in [6.07, 6.45) is 8.48. The molecule has 1 aliphatic rings. The van der Waals surface area contributed by atoms with E-state index in [0.29, 0.717) is 18.2 Å². The Balaban J connectivity index is 2.26. The Morgan fingerprint density at radius 1 is 1.38 bits per heavy atom. The van der Waals surface area contributed by atoms with Gasteiger partial charge in [-0.3, -0.25) is 0 Å². The zero-order chi connectivity index (χ0) is 9.68. The molecule has 1 aliphatic carbocycles. The van der Waals surface area contributed by atoms with Crippen molar-refractivity contribution < 1.29 is 4.74 Å². The monoisotopic (exact) mass is 183 g/mol. The van der Waals surface area contributed by atoms with E-state index in [2.05, 4.69) is 31.3 Å². The van der Waals surface area contributed by atoms with Gasteiger partial charge in [-0.25, -0.2) is 0 Å². The molecule has 0 spiro atoms. The van der Waals surface area contributed by atoms with Crippen molar-refractivity contribution in [2.75, 3.05) is 7.11 Å². The number of hydrogen-bond acceptors (Lipinski definition) is 2. The minimum absolute atomic E-state index is 0.297. The summed E-state index contributed by atoms with van der Waals surface area (Å²) in [5.41, 5.74) is 0. The topological polar surface area (TPSA) is 21.3 Å². The first kappa shape index (κ1) is 10.7. The third kappa shape index (κ3) is 3.49. The van der Waals surface area contributed by atoms with Crippen LogP contribution in [-0.2, 0) is 4.74 Å². The van der Waals surface area contributed by atoms with Gasteiger partial charge in [0, 0.05) is 19.2 Å². The van der Waals surface area contributed by atoms with Crippen molar-refractivity contribution in [3.05, 3.63) is 12.2 Å². The number of rotatable bonds is 4. The van der Waals surface area contributed by atoms with Crippen LogP contribution in [0.15, 0.2) is 12.2 Å². The molecule has 13 heavy (non-hydrogen) atoms. The van der Waals surface area contributed by atoms with Gasteiger partial charge in [-0.05, 0) is 33.1 Å². The zero-order valence-corrected chi connectivity index (χ0v) is 8.92. The van der Waals surface area contributed by atoms with Gasteiger partial charge in [0.2, 0.25) is 0 Å². The molecule has 2 nitrogen and oxygen atoms in total. The summed E-state index contributed by atoms with van der Waals surface area (Å²) in [4.78, 5) is 0. The Labute approximate surface area is 81.4 Å². The van der Waals surface area contributed by atoms with Crippen molar-refractivity contribution in [1.29, 1.82) is 0 Å². The van der Waals surface area contributed by atoms with Gasteiger partial charge in [0.15, 0.2) is 0 Å². The quantitative estimate of drug-likeness (QED) is 0.674. The average Bonchev–Trinajstić information content (AvgIpc) is 2.18. The van der Waals surface area contributed by atoms with Gasteiger partial charge in [0.1, 0.15) is 0 Å². The number of ether oxygens (including phenoxy) is 1. The van der Waals surface area contributed by atoms with Crippen molar-refractivity contribution in [2.24, 2.45) is 0 Å². The van der Waals surface area contributed by atoms with Gasteiger partial charge in [0.05, 0.1) is 6.10 Å². The van der Waals surface area contributed by atoms with Crippen LogP contribution in [0.4, 0.5) is 0 Å². The normalized spacial score (nSPS) is 27.2. The summed E-state index contributed by atoms with van der Waals surface area (Å²) in [6, 6.07) is 1.10. The molecule has 0 amide bonds. The lowest BCUT2D eigenvalue weighted by Gasteiger charge is -2.27. The number of nitrogens with one attached hydrogen (secondary N) is 1. The Hall–Kier alpha value is -0.340. The highest BCUT2D eigenvalue weighted by molar-refractivity contribution is 4.93. The highest BCUT2D eigenvalue weighted by Gasteiger charge is 2.16. The third-order valence-electron chi connectivity index (χ3n) is 2.84. The fourth-order valence-corrected chi connectivity index (χ4v) is 1.66. The smallest absolute Gasteiger partial charge is 0.0693 e. The molecular formula is C11H21NO. The average molecular weight is 183 g/mol. The lowest BCUT2D eigenvalue weighted by Crippen LogP contribution is -2.43. The second kappa shape index (κ2) is 5.40. The molecule has 0 saturated heterocycles. The summed E-state index contributed by atoms with van der Waals surface area (Å²) in [5, 5.41) is 3.59. The number of hydrogen-bond donors (Lipinski definition) is 1. The van der Waals surface area contributed by atoms with E-state index in [-0.39, 0.29) is 0 Å². The number of allylic oxidation sites excluding steroid dienone is 1. The molecule has 0 fully saturated rings. The molecule has 2 heteroatoms. The van der Waals surface area contributed by atoms with Crippen LogP contribution < -0.4 is 5.32 Å². The minimum atomic E-state index is 0.297. The van der Waals surface area contributed by atoms with Crippen molar-refractivity contribution in [3.63, 3.8) is 0 Å². The first-order valence-electron chi connectivity index (χ1n) is 5.18. The molecule has 0 bridgehead atoms. The molecule has 1 N–H and O–H groups in total. The molecular weight excluding hydrogens is 162 g/mol. The second-order valence-corrected chi connectivity index (χ2v) is 3.88. The molecule has 0 saturated carbocycles. The lowest BCUT2D eigenvalue weighted by molar-refractivity contribution is 0.0838. The summed E-state index contributed by atoms with van der Waals surface area (Å²) >= 11 is 0. The molecule has 3 atom stereocenters. The molecule has 0 aromatic rings. The molecule has 0 aromatic carbocycles. The molecule has 1 rings (SSSR count). The zero-order valence-electron chi connectivity index (χ0n) is 8.92. The Morgan fingerprint density at radius 2 is 2.15 bits per heavy atom. The maximum Gasteiger partial charge on any atom is 0.0693 e. The van der Waals surface area contributed by atoms with Gasteiger partial charge in [-0.2, -0.15) is 0 Å². The van der Waals surface area contributed by atoms with Crippen LogP contribution >= 0.6 is 0 Å². The van der Waals surface area contributed by atoms with Gasteiger partial charge < -0.3 is 10.1 Å². The predicted octanol–water partition coefficient (Wildman–Crippen LogP) is 2.11. The minimum Gasteiger partial charge on any atom is -0.380 e. The van der Waals surface area contributed by atoms with E-state index >= 15 is 0 Å². The maximum absolute atomic E-state index is 5.27. The first-order chi connectivity index (χ1) is 6.24. The van der Waals surface area contributed by atoms with E-state index < -0.39 is 0 Å². The van der Waals surface area contributed by atoms with E-state index in [0.717, 1.165) is 0 Å². The van der Waals surface area contributed by atoms with Gasteiger partial charge in [-0.15, -0.1) is 0 Å². The van der Waals surface area contributed by atoms with Crippen LogP contribution in [0.3, 0.4) is 0 Å². The van der Waals surface area contributed by atoms with E-state index in [1.54, 1.807) is 7.11 Å². The van der Waals surface area contributed by atoms with Gasteiger partial charge >= 0.3 is 0 Å². The van der Waals surface area contributed by atoms with Crippen LogP contribution in [-0.4, -0.2) is 25.3 Å². The van der Waals surface area contributed by atoms with E-state index in [4.69, 9.17) is 4.74 Å². The van der Waals surface area contributed by atoms with Crippen LogP contribution in [0.5, 0.6) is 0 Å². The van der Waals surface area contributed by atoms with Crippen molar-refractivity contribution >= 4 is 0 Å². The van der Waals surface area contributed by atoms with Crippen LogP contribution in [0.25, 0.3) is 0 Å². The van der Waals surface area contributed by atoms with Crippen molar-refractivity contribution in [1.82, 2.24) is 5.32 Å². The Kier molecular flexibility index (Phi) is 4.46. The second-order valence-electron chi connectivity index (χ2n) is 3.88. The molecule has 0 aromatic heterocycles. The van der Waals surface area contributed by atoms with Gasteiger partial charge in [0.25, 0.3) is 0 Å². The van der Waals surface area contributed by atoms with Crippen molar-refractivity contribution in [2.45, 2.75) is 51.3 Å². The molecule has 0 aliphatic heterocycles. The molecule has 0 radical (unpaired) electrons. The Bertz CT molecular complexity index is 167. The summed E-state index contributed by atoms with van der Waals surface area (Å²) in [5.74, 6) is 0. The SMILES string of the molecule is COC(C)C(C)NC1CC=CCC1. The van der Waals surface area contributed by atoms with Crippen LogP contribution in [0.1, 0.15) is 33.1 Å². The Morgan fingerprint density at radius 3 is 2.69 bits per heavy atom. The summed E-state index contributed by atoms with van der Waals surface area (Å²) in [6.45, 7) is 4.29. The van der Waals surface area contributed by atoms with Gasteiger partial charge in [-0.1, -0.05) is 12.2 Å². The summed E-state index contributed by atoms with van der Waals surface area (Å²) in [7, 11) is 1.77. The lowest BCUT2D eigenvalue weighted by atomic mass is 10.0. The molecule has 3 unspecified atom stereocenters. The van der Waals surface area contributed by atoms with Crippen LogP contribution in [0.2, 0.25) is 0 Å². The highest BCUT2D eigenvalue weighted by Crippen LogP contribution is 2.12. The fourth-order valence-electron chi connectivity index (χ4n) is 1.66. The van der Waals surface area contributed by atoms with Crippen molar-refractivity contribution in [3.8, 4) is 0 Å². The van der Waals surface area contributed by atoms with E-state index in [1.165, 1.54) is 19.3 Å². The standard InChI is InChI=1S/C11H21NO/c1-9(10(2)13-3)12-11-7-5-4-6-8-11/h4-5,9-12H,6-8H2,1-3H3. The largest absolute Gasteiger partial charge is 0.380 e. The fraction of sp³-hybridized carbons (Fsp3) is 0.818. The highest BCUT2D eigenvalue weighted by atomic mass is 16.5. The molecule has 76 valence electrons. The molecule has 0 heterocycles. The number of methoxy groups -OCH3 is 1. The predicted molar refractivity (Wildman–Crippen MR) is 55.8 cm³/mol. The first-order valence-corrected chi connectivity index (χ1v) is 5.18. The third-order valence-corrected chi connectivity index (χ3v) is 2.84. The van der Waals surface area contributed by atoms with E-state index in [9.17, 15) is 0 Å².